The van der Waals surface area contributed by atoms with Gasteiger partial charge in [-0.2, -0.15) is 0 Å². The number of hydrogen-bond acceptors (Lipinski definition) is 2. The van der Waals surface area contributed by atoms with Crippen LogP contribution in [0.15, 0.2) is 30.5 Å². The van der Waals surface area contributed by atoms with Gasteiger partial charge in [-0.1, -0.05) is 39.0 Å². The number of nitrogens with one attached hydrogen (secondary N) is 1. The lowest BCUT2D eigenvalue weighted by atomic mass is 9.78. The number of fused-ring (bicyclic) bond motifs is 1. The van der Waals surface area contributed by atoms with Crippen LogP contribution in [-0.4, -0.2) is 22.1 Å². The molecule has 108 valence electrons. The van der Waals surface area contributed by atoms with Gasteiger partial charge in [-0.15, -0.1) is 0 Å². The molecule has 4 nitrogen and oxygen atoms in total. The van der Waals surface area contributed by atoms with Crippen molar-refractivity contribution in [3.8, 4) is 0 Å². The fourth-order valence-corrected chi connectivity index (χ4v) is 2.66. The van der Waals surface area contributed by atoms with E-state index in [0.29, 0.717) is 0 Å². The maximum absolute atomic E-state index is 11.3. The van der Waals surface area contributed by atoms with Crippen molar-refractivity contribution in [1.82, 2.24) is 4.98 Å². The highest BCUT2D eigenvalue weighted by atomic mass is 16.4. The summed E-state index contributed by atoms with van der Waals surface area (Å²) in [6.45, 7) is 6.30. The maximum atomic E-state index is 11.3. The summed E-state index contributed by atoms with van der Waals surface area (Å²) in [5.41, 5.74) is 7.95. The predicted molar refractivity (Wildman–Crippen MR) is 80.7 cm³/mol. The fraction of sp³-hybridized carbons (Fsp3) is 0.438. The number of aromatic nitrogens is 1. The zero-order valence-electron chi connectivity index (χ0n) is 12.2. The zero-order valence-corrected chi connectivity index (χ0v) is 12.2. The molecule has 4 heteroatoms. The Hall–Kier alpha value is -1.81. The Morgan fingerprint density at radius 1 is 1.35 bits per heavy atom. The van der Waals surface area contributed by atoms with E-state index in [4.69, 9.17) is 5.73 Å². The van der Waals surface area contributed by atoms with Gasteiger partial charge in [-0.25, -0.2) is 0 Å². The molecular formula is C16H22N2O2. The van der Waals surface area contributed by atoms with Crippen molar-refractivity contribution in [3.05, 3.63) is 36.0 Å². The SMILES string of the molecule is CC(C)(C)C[C@@H](c1c[nH]c2ccccc12)[C@@H](N)C(=O)O. The predicted octanol–water partition coefficient (Wildman–Crippen LogP) is 3.10. The molecule has 0 amide bonds. The highest BCUT2D eigenvalue weighted by molar-refractivity contribution is 5.85. The van der Waals surface area contributed by atoms with Gasteiger partial charge in [0, 0.05) is 23.0 Å². The summed E-state index contributed by atoms with van der Waals surface area (Å²) in [6, 6.07) is 7.01. The van der Waals surface area contributed by atoms with Crippen LogP contribution in [0, 0.1) is 5.41 Å². The molecule has 0 fully saturated rings. The lowest BCUT2D eigenvalue weighted by Gasteiger charge is -2.28. The Balaban J connectivity index is 2.47. The van der Waals surface area contributed by atoms with Gasteiger partial charge in [0.2, 0.25) is 0 Å². The molecule has 0 aliphatic carbocycles. The largest absolute Gasteiger partial charge is 0.480 e. The summed E-state index contributed by atoms with van der Waals surface area (Å²) >= 11 is 0. The second-order valence-electron chi connectivity index (χ2n) is 6.52. The van der Waals surface area contributed by atoms with Gasteiger partial charge in [0.25, 0.3) is 0 Å². The summed E-state index contributed by atoms with van der Waals surface area (Å²) in [7, 11) is 0. The van der Waals surface area contributed by atoms with Gasteiger partial charge in [0.1, 0.15) is 6.04 Å². The van der Waals surface area contributed by atoms with Crippen LogP contribution in [0.4, 0.5) is 0 Å². The van der Waals surface area contributed by atoms with Crippen LogP contribution in [0.1, 0.15) is 38.7 Å². The summed E-state index contributed by atoms with van der Waals surface area (Å²) in [4.78, 5) is 14.5. The van der Waals surface area contributed by atoms with Gasteiger partial charge in [-0.05, 0) is 23.5 Å². The van der Waals surface area contributed by atoms with Crippen molar-refractivity contribution in [2.75, 3.05) is 0 Å². The van der Waals surface area contributed by atoms with Crippen molar-refractivity contribution in [3.63, 3.8) is 0 Å². The average molecular weight is 274 g/mol. The van der Waals surface area contributed by atoms with Crippen LogP contribution in [0.25, 0.3) is 10.9 Å². The Kier molecular flexibility index (Phi) is 3.86. The summed E-state index contributed by atoms with van der Waals surface area (Å²) < 4.78 is 0. The molecule has 0 saturated heterocycles. The van der Waals surface area contributed by atoms with E-state index in [0.717, 1.165) is 22.9 Å². The standard InChI is InChI=1S/C16H22N2O2/c1-16(2,3)8-11(14(17)15(19)20)12-9-18-13-7-5-4-6-10(12)13/h4-7,9,11,14,18H,8,17H2,1-3H3,(H,19,20)/t11-,14+/m0/s1. The minimum Gasteiger partial charge on any atom is -0.480 e. The Labute approximate surface area is 119 Å². The molecule has 1 heterocycles. The van der Waals surface area contributed by atoms with E-state index in [1.807, 2.05) is 30.5 Å². The molecule has 2 aromatic rings. The number of aliphatic carboxylic acids is 1. The number of carboxylic acids is 1. The molecule has 0 aliphatic rings. The lowest BCUT2D eigenvalue weighted by Crippen LogP contribution is -2.38. The molecule has 2 rings (SSSR count). The molecular weight excluding hydrogens is 252 g/mol. The van der Waals surface area contributed by atoms with E-state index in [1.54, 1.807) is 0 Å². The quantitative estimate of drug-likeness (QED) is 0.801. The molecule has 0 unspecified atom stereocenters. The van der Waals surface area contributed by atoms with Crippen molar-refractivity contribution in [2.45, 2.75) is 39.2 Å². The monoisotopic (exact) mass is 274 g/mol. The number of benzene rings is 1. The summed E-state index contributed by atoms with van der Waals surface area (Å²) in [5.74, 6) is -1.16. The van der Waals surface area contributed by atoms with E-state index in [-0.39, 0.29) is 11.3 Å². The first-order valence-electron chi connectivity index (χ1n) is 6.84. The van der Waals surface area contributed by atoms with E-state index >= 15 is 0 Å². The van der Waals surface area contributed by atoms with Gasteiger partial charge < -0.3 is 15.8 Å². The number of H-pyrrole nitrogens is 1. The molecule has 1 aromatic heterocycles. The third-order valence-corrected chi connectivity index (χ3v) is 3.57. The molecule has 0 radical (unpaired) electrons. The number of aromatic amines is 1. The van der Waals surface area contributed by atoms with E-state index < -0.39 is 12.0 Å². The third-order valence-electron chi connectivity index (χ3n) is 3.57. The van der Waals surface area contributed by atoms with Crippen LogP contribution in [0.3, 0.4) is 0 Å². The lowest BCUT2D eigenvalue weighted by molar-refractivity contribution is -0.139. The molecule has 2 atom stereocenters. The van der Waals surface area contributed by atoms with Crippen LogP contribution in [0.2, 0.25) is 0 Å². The topological polar surface area (TPSA) is 79.1 Å². The summed E-state index contributed by atoms with van der Waals surface area (Å²) in [6.07, 6.45) is 2.62. The Morgan fingerprint density at radius 3 is 2.60 bits per heavy atom. The van der Waals surface area contributed by atoms with Crippen LogP contribution < -0.4 is 5.73 Å². The number of para-hydroxylation sites is 1. The third kappa shape index (κ3) is 3.02. The minimum atomic E-state index is -0.954. The fourth-order valence-electron chi connectivity index (χ4n) is 2.66. The normalized spacial score (nSPS) is 15.2. The van der Waals surface area contributed by atoms with Gasteiger partial charge in [0.15, 0.2) is 0 Å². The number of nitrogens with two attached hydrogens (primary N) is 1. The first kappa shape index (κ1) is 14.6. The first-order chi connectivity index (χ1) is 9.29. The molecule has 0 spiro atoms. The van der Waals surface area contributed by atoms with Gasteiger partial charge >= 0.3 is 5.97 Å². The highest BCUT2D eigenvalue weighted by Crippen LogP contribution is 2.36. The van der Waals surface area contributed by atoms with Gasteiger partial charge in [0.05, 0.1) is 0 Å². The van der Waals surface area contributed by atoms with Crippen LogP contribution in [-0.2, 0) is 4.79 Å². The van der Waals surface area contributed by atoms with E-state index in [1.165, 1.54) is 0 Å². The number of carboxylic acid groups (broad SMARTS) is 1. The molecule has 0 aliphatic heterocycles. The molecule has 0 bridgehead atoms. The van der Waals surface area contributed by atoms with Crippen molar-refractivity contribution >= 4 is 16.9 Å². The van der Waals surface area contributed by atoms with Crippen LogP contribution in [0.5, 0.6) is 0 Å². The summed E-state index contributed by atoms with van der Waals surface area (Å²) in [5, 5.41) is 10.3. The second-order valence-corrected chi connectivity index (χ2v) is 6.52. The second kappa shape index (κ2) is 5.29. The number of carbonyl (C=O) groups is 1. The number of hydrogen-bond donors (Lipinski definition) is 3. The first-order valence-corrected chi connectivity index (χ1v) is 6.84. The van der Waals surface area contributed by atoms with E-state index in [9.17, 15) is 9.90 Å². The highest BCUT2D eigenvalue weighted by Gasteiger charge is 2.31. The smallest absolute Gasteiger partial charge is 0.321 e. The van der Waals surface area contributed by atoms with Crippen molar-refractivity contribution in [1.29, 1.82) is 0 Å². The Morgan fingerprint density at radius 2 is 2.00 bits per heavy atom. The molecule has 0 saturated carbocycles. The Bertz CT molecular complexity index is 610. The van der Waals surface area contributed by atoms with E-state index in [2.05, 4.69) is 25.8 Å². The molecule has 4 N–H and O–H groups in total. The zero-order chi connectivity index (χ0) is 14.9. The van der Waals surface area contributed by atoms with Gasteiger partial charge in [-0.3, -0.25) is 4.79 Å². The molecule has 1 aromatic carbocycles. The average Bonchev–Trinajstić information content (AvgIpc) is 2.77. The van der Waals surface area contributed by atoms with Crippen molar-refractivity contribution in [2.24, 2.45) is 11.1 Å². The maximum Gasteiger partial charge on any atom is 0.321 e. The van der Waals surface area contributed by atoms with Crippen LogP contribution >= 0.6 is 0 Å². The minimum absolute atomic E-state index is 0.0100. The molecule has 20 heavy (non-hydrogen) atoms. The van der Waals surface area contributed by atoms with Crippen molar-refractivity contribution < 1.29 is 9.90 Å². The number of rotatable bonds is 4.